The van der Waals surface area contributed by atoms with E-state index in [1.807, 2.05) is 36.9 Å². The molecule has 3 aliphatic rings. The van der Waals surface area contributed by atoms with Crippen molar-refractivity contribution in [1.82, 2.24) is 20.2 Å². The molecule has 0 radical (unpaired) electrons. The average molecular weight is 446 g/mol. The minimum atomic E-state index is -4.53. The Kier molecular flexibility index (Phi) is 4.90. The van der Waals surface area contributed by atoms with E-state index in [2.05, 4.69) is 25.9 Å². The predicted molar refractivity (Wildman–Crippen MR) is 114 cm³/mol. The first kappa shape index (κ1) is 20.8. The molecule has 1 aliphatic carbocycles. The average Bonchev–Trinajstić information content (AvgIpc) is 3.33. The van der Waals surface area contributed by atoms with Gasteiger partial charge in [-0.25, -0.2) is 9.78 Å². The molecule has 170 valence electrons. The van der Waals surface area contributed by atoms with Crippen LogP contribution in [0.5, 0.6) is 0 Å². The Morgan fingerprint density at radius 1 is 1.12 bits per heavy atom. The molecule has 0 spiro atoms. The molecule has 1 aromatic carbocycles. The largest absolute Gasteiger partial charge is 0.421 e. The number of nitrogens with zero attached hydrogens (tertiary/aromatic N) is 3. The van der Waals surface area contributed by atoms with Crippen LogP contribution in [-0.4, -0.2) is 33.0 Å². The van der Waals surface area contributed by atoms with Gasteiger partial charge in [0.1, 0.15) is 11.4 Å². The van der Waals surface area contributed by atoms with E-state index in [1.54, 1.807) is 0 Å². The van der Waals surface area contributed by atoms with Crippen LogP contribution in [0, 0.1) is 0 Å². The van der Waals surface area contributed by atoms with E-state index < -0.39 is 11.7 Å². The van der Waals surface area contributed by atoms with Crippen LogP contribution in [0.2, 0.25) is 0 Å². The van der Waals surface area contributed by atoms with Crippen molar-refractivity contribution in [2.24, 2.45) is 0 Å². The molecule has 0 unspecified atom stereocenters. The summed E-state index contributed by atoms with van der Waals surface area (Å²) < 4.78 is 40.0. The molecule has 2 bridgehead atoms. The molecule has 5 rings (SSSR count). The number of nitrogens with one attached hydrogen (secondary N) is 3. The quantitative estimate of drug-likeness (QED) is 0.594. The Labute approximate surface area is 183 Å². The fourth-order valence-corrected chi connectivity index (χ4v) is 4.58. The topological polar surface area (TPSA) is 82.2 Å². The van der Waals surface area contributed by atoms with Gasteiger partial charge in [0.2, 0.25) is 5.95 Å². The van der Waals surface area contributed by atoms with Gasteiger partial charge < -0.3 is 20.9 Å². The maximum atomic E-state index is 13.3. The smallest absolute Gasteiger partial charge is 0.367 e. The van der Waals surface area contributed by atoms with E-state index in [-0.39, 0.29) is 42.0 Å². The van der Waals surface area contributed by atoms with Crippen LogP contribution in [0.4, 0.5) is 35.4 Å². The summed E-state index contributed by atoms with van der Waals surface area (Å²) >= 11 is 0. The van der Waals surface area contributed by atoms with Gasteiger partial charge >= 0.3 is 12.2 Å². The molecule has 3 heterocycles. The highest BCUT2D eigenvalue weighted by atomic mass is 19.4. The zero-order chi connectivity index (χ0) is 22.6. The normalized spacial score (nSPS) is 21.6. The zero-order valence-corrected chi connectivity index (χ0v) is 17.8. The van der Waals surface area contributed by atoms with E-state index in [1.165, 1.54) is 0 Å². The summed E-state index contributed by atoms with van der Waals surface area (Å²) in [7, 11) is 0. The van der Waals surface area contributed by atoms with Crippen molar-refractivity contribution >= 4 is 23.5 Å². The number of fused-ring (bicyclic) bond motifs is 5. The number of amides is 2. The fourth-order valence-electron chi connectivity index (χ4n) is 4.58. The second-order valence-corrected chi connectivity index (χ2v) is 8.96. The number of aromatic nitrogens is 2. The van der Waals surface area contributed by atoms with Gasteiger partial charge in [0.25, 0.3) is 0 Å². The first-order chi connectivity index (χ1) is 15.2. The SMILES string of the molecule is CC(C)NC(=O)N1[C@@H]2CC[C@H]1c1ccc(Nc3ncc(C(F)(F)F)c(NC4CC4)n3)cc12. The highest BCUT2D eigenvalue weighted by Crippen LogP contribution is 2.53. The lowest BCUT2D eigenvalue weighted by atomic mass is 9.91. The molecule has 1 saturated heterocycles. The maximum Gasteiger partial charge on any atom is 0.421 e. The van der Waals surface area contributed by atoms with Gasteiger partial charge in [0, 0.05) is 24.0 Å². The predicted octanol–water partition coefficient (Wildman–Crippen LogP) is 5.12. The molecule has 1 saturated carbocycles. The van der Waals surface area contributed by atoms with Crippen molar-refractivity contribution < 1.29 is 18.0 Å². The van der Waals surface area contributed by atoms with Crippen LogP contribution < -0.4 is 16.0 Å². The lowest BCUT2D eigenvalue weighted by Crippen LogP contribution is -2.41. The number of halogens is 3. The van der Waals surface area contributed by atoms with Crippen LogP contribution >= 0.6 is 0 Å². The van der Waals surface area contributed by atoms with Gasteiger partial charge in [0.05, 0.1) is 12.1 Å². The summed E-state index contributed by atoms with van der Waals surface area (Å²) in [6, 6.07) is 5.84. The monoisotopic (exact) mass is 446 g/mol. The molecule has 7 nitrogen and oxygen atoms in total. The number of alkyl halides is 3. The van der Waals surface area contributed by atoms with Gasteiger partial charge in [-0.3, -0.25) is 0 Å². The number of hydrogen-bond donors (Lipinski definition) is 3. The van der Waals surface area contributed by atoms with Crippen molar-refractivity contribution in [3.05, 3.63) is 41.1 Å². The summed E-state index contributed by atoms with van der Waals surface area (Å²) in [6.07, 6.45) is -0.236. The van der Waals surface area contributed by atoms with Crippen LogP contribution in [-0.2, 0) is 6.18 Å². The van der Waals surface area contributed by atoms with Crippen LogP contribution in [0.3, 0.4) is 0 Å². The Morgan fingerprint density at radius 3 is 2.50 bits per heavy atom. The highest BCUT2D eigenvalue weighted by molar-refractivity contribution is 5.78. The minimum Gasteiger partial charge on any atom is -0.367 e. The number of carbonyl (C=O) groups excluding carboxylic acids is 1. The third-order valence-corrected chi connectivity index (χ3v) is 6.11. The maximum absolute atomic E-state index is 13.3. The Morgan fingerprint density at radius 2 is 1.84 bits per heavy atom. The van der Waals surface area contributed by atoms with Crippen molar-refractivity contribution in [2.75, 3.05) is 10.6 Å². The second kappa shape index (κ2) is 7.53. The number of rotatable bonds is 5. The highest BCUT2D eigenvalue weighted by Gasteiger charge is 2.46. The molecule has 10 heteroatoms. The third-order valence-electron chi connectivity index (χ3n) is 6.11. The van der Waals surface area contributed by atoms with E-state index in [4.69, 9.17) is 0 Å². The summed E-state index contributed by atoms with van der Waals surface area (Å²) in [4.78, 5) is 22.6. The number of carbonyl (C=O) groups is 1. The van der Waals surface area contributed by atoms with Crippen molar-refractivity contribution in [3.63, 3.8) is 0 Å². The number of urea groups is 1. The summed E-state index contributed by atoms with van der Waals surface area (Å²) in [6.45, 7) is 3.86. The van der Waals surface area contributed by atoms with Gasteiger partial charge in [-0.1, -0.05) is 6.07 Å². The molecule has 2 fully saturated rings. The Hall–Kier alpha value is -3.04. The molecule has 2 atom stereocenters. The van der Waals surface area contributed by atoms with Crippen LogP contribution in [0.15, 0.2) is 24.4 Å². The second-order valence-electron chi connectivity index (χ2n) is 8.96. The van der Waals surface area contributed by atoms with Gasteiger partial charge in [-0.05, 0) is 62.8 Å². The molecule has 1 aromatic heterocycles. The summed E-state index contributed by atoms with van der Waals surface area (Å²) in [5.74, 6) is -0.104. The number of hydrogen-bond acceptors (Lipinski definition) is 5. The van der Waals surface area contributed by atoms with Gasteiger partial charge in [-0.2, -0.15) is 18.2 Å². The van der Waals surface area contributed by atoms with Gasteiger partial charge in [0.15, 0.2) is 0 Å². The molecular formula is C22H25F3N6O. The van der Waals surface area contributed by atoms with E-state index in [0.29, 0.717) is 5.69 Å². The standard InChI is InChI=1S/C22H25F3N6O/c1-11(2)27-21(32)31-17-7-8-18(31)15-9-13(5-6-14(15)17)29-20-26-10-16(22(23,24)25)19(30-20)28-12-3-4-12/h5-6,9-12,17-18H,3-4,7-8H2,1-2H3,(H,27,32)(H2,26,28,29,30)/t17-,18+/m0/s1. The molecule has 2 aliphatic heterocycles. The lowest BCUT2D eigenvalue weighted by molar-refractivity contribution is -0.137. The Balaban J connectivity index is 1.38. The zero-order valence-electron chi connectivity index (χ0n) is 17.8. The summed E-state index contributed by atoms with van der Waals surface area (Å²) in [5, 5.41) is 8.86. The number of benzene rings is 1. The van der Waals surface area contributed by atoms with Gasteiger partial charge in [-0.15, -0.1) is 0 Å². The first-order valence-corrected chi connectivity index (χ1v) is 10.9. The van der Waals surface area contributed by atoms with E-state index >= 15 is 0 Å². The Bertz CT molecular complexity index is 1050. The summed E-state index contributed by atoms with van der Waals surface area (Å²) in [5.41, 5.74) is 1.99. The van der Waals surface area contributed by atoms with Crippen LogP contribution in [0.25, 0.3) is 0 Å². The van der Waals surface area contributed by atoms with Crippen molar-refractivity contribution in [1.29, 1.82) is 0 Å². The first-order valence-electron chi connectivity index (χ1n) is 10.9. The minimum absolute atomic E-state index is 0.00359. The van der Waals surface area contributed by atoms with Crippen molar-refractivity contribution in [3.8, 4) is 0 Å². The molecule has 2 amide bonds. The molecule has 3 N–H and O–H groups in total. The lowest BCUT2D eigenvalue weighted by Gasteiger charge is -2.24. The van der Waals surface area contributed by atoms with Crippen molar-refractivity contribution in [2.45, 2.75) is 69.9 Å². The molecular weight excluding hydrogens is 421 g/mol. The van der Waals surface area contributed by atoms with Crippen LogP contribution in [0.1, 0.15) is 68.3 Å². The molecule has 32 heavy (non-hydrogen) atoms. The van der Waals surface area contributed by atoms with E-state index in [0.717, 1.165) is 43.0 Å². The fraction of sp³-hybridized carbons (Fsp3) is 0.500. The third kappa shape index (κ3) is 3.82. The molecule has 2 aromatic rings. The van der Waals surface area contributed by atoms with E-state index in [9.17, 15) is 18.0 Å². The number of anilines is 3.